The number of unbranched alkanes of at least 4 members (excludes halogenated alkanes) is 14. The lowest BCUT2D eigenvalue weighted by Gasteiger charge is -2.06. The van der Waals surface area contributed by atoms with Crippen molar-refractivity contribution in [3.8, 4) is 56.7 Å². The molecule has 0 fully saturated rings. The van der Waals surface area contributed by atoms with Gasteiger partial charge in [0.2, 0.25) is 0 Å². The van der Waals surface area contributed by atoms with Gasteiger partial charge in [-0.1, -0.05) is 132 Å². The third kappa shape index (κ3) is 11.9. The Hall–Kier alpha value is -4.32. The quantitative estimate of drug-likeness (QED) is 0.0606. The zero-order chi connectivity index (χ0) is 34.6. The van der Waals surface area contributed by atoms with Crippen molar-refractivity contribution in [3.63, 3.8) is 0 Å². The predicted octanol–water partition coefficient (Wildman–Crippen LogP) is 13.4. The third-order valence-electron chi connectivity index (χ3n) is 9.29. The van der Waals surface area contributed by atoms with Crippen LogP contribution in [0.15, 0.2) is 94.0 Å². The number of hydrogen-bond acceptors (Lipinski definition) is 6. The summed E-state index contributed by atoms with van der Waals surface area (Å²) in [6.45, 7) is 6.04. The van der Waals surface area contributed by atoms with Gasteiger partial charge in [-0.3, -0.25) is 0 Å². The molecule has 6 nitrogen and oxygen atoms in total. The number of rotatable bonds is 24. The Morgan fingerprint density at radius 3 is 1.20 bits per heavy atom. The molecule has 3 aromatic carbocycles. The highest BCUT2D eigenvalue weighted by atomic mass is 16.5. The first-order valence-corrected chi connectivity index (χ1v) is 19.2. The summed E-state index contributed by atoms with van der Waals surface area (Å²) in [5, 5.41) is 8.70. The first kappa shape index (κ1) is 36.9. The molecule has 0 aliphatic carbocycles. The molecule has 0 N–H and O–H groups in total. The predicted molar refractivity (Wildman–Crippen MR) is 205 cm³/mol. The lowest BCUT2D eigenvalue weighted by Crippen LogP contribution is -1.97. The summed E-state index contributed by atoms with van der Waals surface area (Å²) < 4.78 is 23.5. The van der Waals surface area contributed by atoms with Crippen molar-refractivity contribution in [2.75, 3.05) is 13.2 Å². The van der Waals surface area contributed by atoms with Crippen molar-refractivity contribution < 1.29 is 18.5 Å². The fourth-order valence-electron chi connectivity index (χ4n) is 6.22. The largest absolute Gasteiger partial charge is 0.494 e. The number of benzene rings is 3. The van der Waals surface area contributed by atoms with E-state index in [-0.39, 0.29) is 0 Å². The van der Waals surface area contributed by atoms with E-state index in [1.54, 1.807) is 0 Å². The molecule has 6 heteroatoms. The minimum atomic E-state index is 0.694. The van der Waals surface area contributed by atoms with Crippen molar-refractivity contribution in [2.24, 2.45) is 0 Å². The molecule has 266 valence electrons. The van der Waals surface area contributed by atoms with Crippen LogP contribution in [0.5, 0.6) is 11.5 Å². The molecule has 0 spiro atoms. The molecular formula is C44H56N2O4. The van der Waals surface area contributed by atoms with Crippen molar-refractivity contribution in [1.82, 2.24) is 10.3 Å². The average molecular weight is 677 g/mol. The van der Waals surface area contributed by atoms with Crippen LogP contribution in [0.3, 0.4) is 0 Å². The third-order valence-corrected chi connectivity index (χ3v) is 9.29. The first-order chi connectivity index (χ1) is 24.7. The van der Waals surface area contributed by atoms with E-state index in [1.807, 2.05) is 84.9 Å². The molecule has 0 unspecified atom stereocenters. The van der Waals surface area contributed by atoms with Gasteiger partial charge in [0, 0.05) is 34.4 Å². The van der Waals surface area contributed by atoms with Gasteiger partial charge in [0.25, 0.3) is 0 Å². The van der Waals surface area contributed by atoms with E-state index in [4.69, 9.17) is 18.5 Å². The van der Waals surface area contributed by atoms with Gasteiger partial charge in [-0.25, -0.2) is 0 Å². The van der Waals surface area contributed by atoms with Gasteiger partial charge < -0.3 is 18.5 Å². The minimum absolute atomic E-state index is 0.694. The van der Waals surface area contributed by atoms with E-state index in [0.29, 0.717) is 11.5 Å². The molecule has 50 heavy (non-hydrogen) atoms. The Labute approximate surface area is 299 Å². The molecule has 5 aromatic rings. The van der Waals surface area contributed by atoms with Crippen molar-refractivity contribution in [3.05, 3.63) is 84.9 Å². The zero-order valence-corrected chi connectivity index (χ0v) is 30.3. The van der Waals surface area contributed by atoms with Gasteiger partial charge in [0.1, 0.15) is 22.9 Å². The van der Waals surface area contributed by atoms with E-state index in [1.165, 1.54) is 89.9 Å². The fraction of sp³-hybridized carbons (Fsp3) is 0.455. The van der Waals surface area contributed by atoms with Crippen molar-refractivity contribution in [2.45, 2.75) is 117 Å². The van der Waals surface area contributed by atoms with Gasteiger partial charge in [0.15, 0.2) is 11.5 Å². The van der Waals surface area contributed by atoms with Gasteiger partial charge >= 0.3 is 0 Å². The second-order valence-electron chi connectivity index (χ2n) is 13.4. The van der Waals surface area contributed by atoms with Crippen LogP contribution in [-0.4, -0.2) is 23.5 Å². The van der Waals surface area contributed by atoms with E-state index in [0.717, 1.165) is 71.2 Å². The molecule has 0 bridgehead atoms. The Kier molecular flexibility index (Phi) is 15.5. The summed E-state index contributed by atoms with van der Waals surface area (Å²) in [5.41, 5.74) is 5.38. The van der Waals surface area contributed by atoms with Crippen LogP contribution in [0.4, 0.5) is 0 Å². The molecule has 0 aliphatic rings. The van der Waals surface area contributed by atoms with Crippen LogP contribution in [0.2, 0.25) is 0 Å². The Balaban J connectivity index is 1.08. The average Bonchev–Trinajstić information content (AvgIpc) is 3.86. The summed E-state index contributed by atoms with van der Waals surface area (Å²) >= 11 is 0. The smallest absolute Gasteiger partial charge is 0.167 e. The van der Waals surface area contributed by atoms with Crippen LogP contribution in [0.1, 0.15) is 117 Å². The fourth-order valence-corrected chi connectivity index (χ4v) is 6.22. The monoisotopic (exact) mass is 676 g/mol. The molecule has 2 heterocycles. The van der Waals surface area contributed by atoms with Crippen molar-refractivity contribution >= 4 is 0 Å². The Morgan fingerprint density at radius 1 is 0.420 bits per heavy atom. The molecule has 0 saturated heterocycles. The van der Waals surface area contributed by atoms with Crippen LogP contribution in [0, 0.1) is 0 Å². The standard InChI is InChI=1S/C44H56N2O4/c1-3-5-7-9-11-13-15-17-30-47-39-26-22-35(23-27-39)41-33-43(49-45-41)37-20-19-21-38(32-37)44-34-42(46-50-44)36-24-28-40(29-25-36)48-31-18-16-14-12-10-8-6-4-2/h19-29,32-34H,3-18,30-31H2,1-2H3. The normalized spacial score (nSPS) is 11.2. The second kappa shape index (κ2) is 21.0. The number of ether oxygens (including phenoxy) is 2. The highest BCUT2D eigenvalue weighted by molar-refractivity contribution is 5.73. The number of nitrogens with zero attached hydrogens (tertiary/aromatic N) is 2. The van der Waals surface area contributed by atoms with Gasteiger partial charge in [-0.05, 0) is 67.4 Å². The first-order valence-electron chi connectivity index (χ1n) is 19.2. The highest BCUT2D eigenvalue weighted by Gasteiger charge is 2.13. The maximum absolute atomic E-state index is 5.98. The molecular weight excluding hydrogens is 620 g/mol. The van der Waals surface area contributed by atoms with Crippen LogP contribution < -0.4 is 9.47 Å². The maximum atomic E-state index is 5.98. The molecule has 0 amide bonds. The SMILES string of the molecule is CCCCCCCCCCOc1ccc(-c2cc(-c3cccc(-c4cc(-c5ccc(OCCCCCCCCCC)cc5)no4)c3)on2)cc1. The van der Waals surface area contributed by atoms with Crippen LogP contribution in [0.25, 0.3) is 45.2 Å². The summed E-state index contributed by atoms with van der Waals surface area (Å²) in [5.74, 6) is 3.16. The summed E-state index contributed by atoms with van der Waals surface area (Å²) in [7, 11) is 0. The van der Waals surface area contributed by atoms with E-state index >= 15 is 0 Å². The zero-order valence-electron chi connectivity index (χ0n) is 30.3. The van der Waals surface area contributed by atoms with Gasteiger partial charge in [-0.15, -0.1) is 0 Å². The molecule has 5 rings (SSSR count). The Bertz CT molecular complexity index is 1520. The van der Waals surface area contributed by atoms with Crippen LogP contribution >= 0.6 is 0 Å². The van der Waals surface area contributed by atoms with E-state index in [9.17, 15) is 0 Å². The lowest BCUT2D eigenvalue weighted by molar-refractivity contribution is 0.304. The van der Waals surface area contributed by atoms with Crippen LogP contribution in [-0.2, 0) is 0 Å². The molecule has 0 saturated carbocycles. The Morgan fingerprint density at radius 2 is 0.800 bits per heavy atom. The molecule has 0 aliphatic heterocycles. The highest BCUT2D eigenvalue weighted by Crippen LogP contribution is 2.32. The van der Waals surface area contributed by atoms with E-state index in [2.05, 4.69) is 24.2 Å². The lowest BCUT2D eigenvalue weighted by atomic mass is 10.0. The summed E-state index contributed by atoms with van der Waals surface area (Å²) in [6.07, 6.45) is 20.7. The summed E-state index contributed by atoms with van der Waals surface area (Å²) in [4.78, 5) is 0. The summed E-state index contributed by atoms with van der Waals surface area (Å²) in [6, 6.07) is 28.2. The molecule has 0 radical (unpaired) electrons. The van der Waals surface area contributed by atoms with E-state index < -0.39 is 0 Å². The van der Waals surface area contributed by atoms with Gasteiger partial charge in [-0.2, -0.15) is 0 Å². The molecule has 0 atom stereocenters. The van der Waals surface area contributed by atoms with Gasteiger partial charge in [0.05, 0.1) is 13.2 Å². The van der Waals surface area contributed by atoms with Crippen molar-refractivity contribution in [1.29, 1.82) is 0 Å². The second-order valence-corrected chi connectivity index (χ2v) is 13.4. The topological polar surface area (TPSA) is 70.5 Å². The number of aromatic nitrogens is 2. The minimum Gasteiger partial charge on any atom is -0.494 e. The maximum Gasteiger partial charge on any atom is 0.167 e. The number of hydrogen-bond donors (Lipinski definition) is 0. The molecule has 2 aromatic heterocycles.